The van der Waals surface area contributed by atoms with Crippen molar-refractivity contribution in [3.63, 3.8) is 0 Å². The molecule has 0 aromatic heterocycles. The number of likely N-dealkylation sites (N-methyl/N-ethyl adjacent to an activating group) is 1. The Morgan fingerprint density at radius 3 is 2.19 bits per heavy atom. The van der Waals surface area contributed by atoms with E-state index in [9.17, 15) is 24.0 Å². The van der Waals surface area contributed by atoms with Crippen molar-refractivity contribution in [3.8, 4) is 0 Å². The van der Waals surface area contributed by atoms with Gasteiger partial charge in [0.05, 0.1) is 0 Å². The van der Waals surface area contributed by atoms with E-state index >= 15 is 0 Å². The van der Waals surface area contributed by atoms with Crippen molar-refractivity contribution in [2.45, 2.75) is 26.3 Å². The van der Waals surface area contributed by atoms with E-state index < -0.39 is 42.3 Å². The standard InChI is InChI=1S/C12H17N3O6/c1-4-6(2)8(11(19)20)13-7(16)5-15-10(18)9(17)14(3)12(15)21/h6,8H,4-5H2,1-3H3,(H,13,16)(H,19,20)/t6-,8-/m0/s1. The first kappa shape index (κ1) is 16.6. The molecule has 1 aliphatic rings. The topological polar surface area (TPSA) is 124 Å². The van der Waals surface area contributed by atoms with Gasteiger partial charge < -0.3 is 10.4 Å². The molecule has 0 unspecified atom stereocenters. The summed E-state index contributed by atoms with van der Waals surface area (Å²) >= 11 is 0. The van der Waals surface area contributed by atoms with Gasteiger partial charge in [0.15, 0.2) is 0 Å². The molecule has 0 aromatic carbocycles. The van der Waals surface area contributed by atoms with Crippen LogP contribution in [0.2, 0.25) is 0 Å². The number of carbonyl (C=O) groups excluding carboxylic acids is 4. The van der Waals surface area contributed by atoms with Gasteiger partial charge in [-0.15, -0.1) is 0 Å². The summed E-state index contributed by atoms with van der Waals surface area (Å²) in [5.74, 6) is -4.46. The summed E-state index contributed by atoms with van der Waals surface area (Å²) in [6.07, 6.45) is 0.528. The van der Waals surface area contributed by atoms with Crippen molar-refractivity contribution >= 4 is 29.7 Å². The van der Waals surface area contributed by atoms with Crippen LogP contribution in [0.15, 0.2) is 0 Å². The van der Waals surface area contributed by atoms with Crippen molar-refractivity contribution in [3.05, 3.63) is 0 Å². The van der Waals surface area contributed by atoms with Gasteiger partial charge in [0.1, 0.15) is 12.6 Å². The van der Waals surface area contributed by atoms with Crippen LogP contribution in [-0.4, -0.2) is 64.3 Å². The van der Waals surface area contributed by atoms with E-state index in [1.54, 1.807) is 13.8 Å². The first-order valence-corrected chi connectivity index (χ1v) is 6.36. The molecule has 1 fully saturated rings. The second-order valence-corrected chi connectivity index (χ2v) is 4.81. The Morgan fingerprint density at radius 1 is 1.24 bits per heavy atom. The van der Waals surface area contributed by atoms with Crippen LogP contribution in [-0.2, 0) is 19.2 Å². The lowest BCUT2D eigenvalue weighted by atomic mass is 9.99. The van der Waals surface area contributed by atoms with Gasteiger partial charge in [-0.2, -0.15) is 0 Å². The quantitative estimate of drug-likeness (QED) is 0.480. The summed E-state index contributed by atoms with van der Waals surface area (Å²) in [6, 6.07) is -2.03. The maximum atomic E-state index is 11.8. The molecule has 2 N–H and O–H groups in total. The highest BCUT2D eigenvalue weighted by atomic mass is 16.4. The molecule has 0 aromatic rings. The molecule has 1 saturated heterocycles. The minimum Gasteiger partial charge on any atom is -0.480 e. The van der Waals surface area contributed by atoms with E-state index in [0.717, 1.165) is 7.05 Å². The predicted octanol–water partition coefficient (Wildman–Crippen LogP) is -0.977. The fourth-order valence-corrected chi connectivity index (χ4v) is 1.80. The van der Waals surface area contributed by atoms with Gasteiger partial charge in [0.2, 0.25) is 5.91 Å². The van der Waals surface area contributed by atoms with Crippen LogP contribution in [0.5, 0.6) is 0 Å². The molecule has 9 heteroatoms. The lowest BCUT2D eigenvalue weighted by molar-refractivity contribution is -0.145. The average Bonchev–Trinajstić information content (AvgIpc) is 2.61. The summed E-state index contributed by atoms with van der Waals surface area (Å²) in [6.45, 7) is 2.74. The van der Waals surface area contributed by atoms with Crippen LogP contribution in [0.3, 0.4) is 0 Å². The summed E-state index contributed by atoms with van der Waals surface area (Å²) in [5.41, 5.74) is 0. The molecule has 9 nitrogen and oxygen atoms in total. The highest BCUT2D eigenvalue weighted by molar-refractivity contribution is 6.44. The zero-order chi connectivity index (χ0) is 16.3. The molecule has 5 amide bonds. The number of rotatable bonds is 6. The van der Waals surface area contributed by atoms with Crippen molar-refractivity contribution in [1.82, 2.24) is 15.1 Å². The Morgan fingerprint density at radius 2 is 1.81 bits per heavy atom. The van der Waals surface area contributed by atoms with E-state index in [1.165, 1.54) is 0 Å². The molecule has 0 spiro atoms. The molecule has 1 aliphatic heterocycles. The highest BCUT2D eigenvalue weighted by Crippen LogP contribution is 2.10. The summed E-state index contributed by atoms with van der Waals surface area (Å²) in [4.78, 5) is 58.3. The molecular formula is C12H17N3O6. The normalized spacial score (nSPS) is 18.0. The maximum Gasteiger partial charge on any atom is 0.334 e. The minimum absolute atomic E-state index is 0.319. The van der Waals surface area contributed by atoms with Crippen LogP contribution >= 0.6 is 0 Å². The number of urea groups is 1. The van der Waals surface area contributed by atoms with Crippen LogP contribution < -0.4 is 5.32 Å². The molecule has 0 bridgehead atoms. The Kier molecular flexibility index (Phi) is 5.01. The number of hydrogen-bond acceptors (Lipinski definition) is 5. The zero-order valence-corrected chi connectivity index (χ0v) is 12.0. The number of amides is 5. The predicted molar refractivity (Wildman–Crippen MR) is 68.9 cm³/mol. The number of carboxylic acid groups (broad SMARTS) is 1. The van der Waals surface area contributed by atoms with E-state index in [1.807, 2.05) is 0 Å². The molecular weight excluding hydrogens is 282 g/mol. The van der Waals surface area contributed by atoms with E-state index in [2.05, 4.69) is 5.32 Å². The van der Waals surface area contributed by atoms with E-state index in [-0.39, 0.29) is 5.92 Å². The Labute approximate surface area is 120 Å². The molecule has 0 saturated carbocycles. The Hall–Kier alpha value is -2.45. The number of carbonyl (C=O) groups is 5. The van der Waals surface area contributed by atoms with Gasteiger partial charge in [0.25, 0.3) is 0 Å². The summed E-state index contributed by atoms with van der Waals surface area (Å²) in [7, 11) is 1.12. The van der Waals surface area contributed by atoms with Gasteiger partial charge in [-0.05, 0) is 5.92 Å². The molecule has 0 radical (unpaired) electrons. The van der Waals surface area contributed by atoms with Gasteiger partial charge in [-0.3, -0.25) is 19.3 Å². The third-order valence-corrected chi connectivity index (χ3v) is 3.35. The number of nitrogens with one attached hydrogen (secondary N) is 1. The molecule has 1 rings (SSSR count). The third kappa shape index (κ3) is 3.36. The third-order valence-electron chi connectivity index (χ3n) is 3.35. The summed E-state index contributed by atoms with van der Waals surface area (Å²) < 4.78 is 0. The number of carboxylic acids is 1. The molecule has 116 valence electrons. The molecule has 21 heavy (non-hydrogen) atoms. The lowest BCUT2D eigenvalue weighted by Crippen LogP contribution is -2.49. The second-order valence-electron chi connectivity index (χ2n) is 4.81. The molecule has 2 atom stereocenters. The highest BCUT2D eigenvalue weighted by Gasteiger charge is 2.43. The van der Waals surface area contributed by atoms with Crippen LogP contribution in [0.1, 0.15) is 20.3 Å². The number of hydrogen-bond donors (Lipinski definition) is 2. The fraction of sp³-hybridized carbons (Fsp3) is 0.583. The van der Waals surface area contributed by atoms with E-state index in [0.29, 0.717) is 16.2 Å². The van der Waals surface area contributed by atoms with Crippen molar-refractivity contribution in [2.75, 3.05) is 13.6 Å². The van der Waals surface area contributed by atoms with Crippen LogP contribution in [0, 0.1) is 5.92 Å². The SMILES string of the molecule is CC[C@H](C)[C@H](NC(=O)CN1C(=O)C(=O)N(C)C1=O)C(=O)O. The average molecular weight is 299 g/mol. The number of nitrogens with zero attached hydrogens (tertiary/aromatic N) is 2. The molecule has 0 aliphatic carbocycles. The number of aliphatic carboxylic acids is 1. The largest absolute Gasteiger partial charge is 0.480 e. The first-order chi connectivity index (χ1) is 9.70. The zero-order valence-electron chi connectivity index (χ0n) is 12.0. The molecule has 1 heterocycles. The van der Waals surface area contributed by atoms with Crippen LogP contribution in [0.4, 0.5) is 4.79 Å². The van der Waals surface area contributed by atoms with Gasteiger partial charge in [-0.1, -0.05) is 20.3 Å². The van der Waals surface area contributed by atoms with Gasteiger partial charge >= 0.3 is 23.8 Å². The van der Waals surface area contributed by atoms with Crippen molar-refractivity contribution in [2.24, 2.45) is 5.92 Å². The first-order valence-electron chi connectivity index (χ1n) is 6.36. The van der Waals surface area contributed by atoms with Gasteiger partial charge in [0, 0.05) is 7.05 Å². The van der Waals surface area contributed by atoms with Crippen LogP contribution in [0.25, 0.3) is 0 Å². The Balaban J connectivity index is 2.73. The van der Waals surface area contributed by atoms with Crippen molar-refractivity contribution in [1.29, 1.82) is 0 Å². The van der Waals surface area contributed by atoms with E-state index in [4.69, 9.17) is 5.11 Å². The minimum atomic E-state index is -1.20. The lowest BCUT2D eigenvalue weighted by Gasteiger charge is -2.21. The fourth-order valence-electron chi connectivity index (χ4n) is 1.80. The van der Waals surface area contributed by atoms with Gasteiger partial charge in [-0.25, -0.2) is 14.5 Å². The van der Waals surface area contributed by atoms with Crippen molar-refractivity contribution < 1.29 is 29.1 Å². The Bertz CT molecular complexity index is 503. The smallest absolute Gasteiger partial charge is 0.334 e. The second kappa shape index (κ2) is 6.33. The maximum absolute atomic E-state index is 11.8. The monoisotopic (exact) mass is 299 g/mol. The summed E-state index contributed by atoms with van der Waals surface area (Å²) in [5, 5.41) is 11.3. The number of imide groups is 2.